The molecule has 0 spiro atoms. The maximum Gasteiger partial charge on any atom is 0.336 e. The number of hydrogen-bond acceptors (Lipinski definition) is 5. The van der Waals surface area contributed by atoms with Crippen molar-refractivity contribution < 1.29 is 23.0 Å². The van der Waals surface area contributed by atoms with Crippen LogP contribution in [0.1, 0.15) is 12.0 Å². The van der Waals surface area contributed by atoms with Crippen LogP contribution in [0.4, 0.5) is 14.5 Å². The Morgan fingerprint density at radius 2 is 1.84 bits per heavy atom. The first kappa shape index (κ1) is 24.7. The molecule has 0 aliphatic heterocycles. The van der Waals surface area contributed by atoms with E-state index in [2.05, 4.69) is 15.4 Å². The average molecular weight is 525 g/mol. The molecule has 1 aliphatic carbocycles. The van der Waals surface area contributed by atoms with Gasteiger partial charge in [-0.15, -0.1) is 16.7 Å². The fourth-order valence-electron chi connectivity index (χ4n) is 3.76. The molecule has 5 rings (SSSR count). The van der Waals surface area contributed by atoms with Gasteiger partial charge in [0.2, 0.25) is 5.91 Å². The zero-order chi connectivity index (χ0) is 26.0. The predicted octanol–water partition coefficient (Wildman–Crippen LogP) is 5.36. The minimum absolute atomic E-state index is 0.00926. The lowest BCUT2D eigenvalue weighted by atomic mass is 10.1. The summed E-state index contributed by atoms with van der Waals surface area (Å²) in [6, 6.07) is 20.6. The fraction of sp³-hybridized carbons (Fsp3) is 0.222. The Hall–Kier alpha value is -3.98. The number of alkyl halides is 2. The zero-order valence-electron chi connectivity index (χ0n) is 19.8. The van der Waals surface area contributed by atoms with Gasteiger partial charge in [0.05, 0.1) is 25.0 Å². The quantitative estimate of drug-likeness (QED) is 0.298. The Labute approximate surface area is 217 Å². The molecule has 1 aromatic heterocycles. The summed E-state index contributed by atoms with van der Waals surface area (Å²) in [7, 11) is 1.61. The van der Waals surface area contributed by atoms with Gasteiger partial charge in [0.1, 0.15) is 17.7 Å². The van der Waals surface area contributed by atoms with Gasteiger partial charge in [0.15, 0.2) is 10.7 Å². The Morgan fingerprint density at radius 3 is 2.49 bits per heavy atom. The molecular formula is C27H23ClF2N4O3. The molecule has 1 fully saturated rings. The number of hydrogen-bond donors (Lipinski definition) is 1. The second-order valence-electron chi connectivity index (χ2n) is 8.59. The minimum Gasteiger partial charge on any atom is -0.497 e. The van der Waals surface area contributed by atoms with Crippen LogP contribution in [0.15, 0.2) is 72.8 Å². The largest absolute Gasteiger partial charge is 0.497 e. The highest BCUT2D eigenvalue weighted by molar-refractivity contribution is 6.39. The first-order valence-corrected chi connectivity index (χ1v) is 12.0. The molecule has 0 radical (unpaired) electrons. The van der Waals surface area contributed by atoms with E-state index < -0.39 is 22.8 Å². The van der Waals surface area contributed by atoms with Crippen molar-refractivity contribution in [3.63, 3.8) is 0 Å². The summed E-state index contributed by atoms with van der Waals surface area (Å²) in [5.74, 6) is -0.0176. The van der Waals surface area contributed by atoms with E-state index in [1.54, 1.807) is 49.6 Å². The molecule has 0 saturated heterocycles. The standard InChI is InChI=1S/C27H23ClF2N4O3/c1-36-20-12-6-17(7-13-20)14-15-37-26-32-24(21-4-2-3-5-22(21)29)34(33-26)19-10-8-18(9-11-19)31-25(35)27(28)16-23(27)30/h2-13,23H,14-16H2,1H3,(H,31,35)/t23-,27+/m1/s1. The van der Waals surface area contributed by atoms with Crippen LogP contribution >= 0.6 is 11.6 Å². The molecule has 1 aliphatic rings. The molecule has 0 bridgehead atoms. The summed E-state index contributed by atoms with van der Waals surface area (Å²) in [6.07, 6.45) is -0.746. The SMILES string of the molecule is COc1ccc(CCOc2nc(-c3ccccc3F)n(-c3ccc(NC(=O)[C@]4(Cl)C[C@H]4F)cc3)n2)cc1. The second kappa shape index (κ2) is 10.2. The van der Waals surface area contributed by atoms with Gasteiger partial charge in [-0.3, -0.25) is 4.79 Å². The number of nitrogens with one attached hydrogen (secondary N) is 1. The van der Waals surface area contributed by atoms with Gasteiger partial charge in [0, 0.05) is 18.5 Å². The molecule has 3 aromatic carbocycles. The smallest absolute Gasteiger partial charge is 0.336 e. The number of ether oxygens (including phenoxy) is 2. The van der Waals surface area contributed by atoms with Gasteiger partial charge in [-0.1, -0.05) is 24.3 Å². The first-order valence-electron chi connectivity index (χ1n) is 11.6. The molecule has 1 amide bonds. The number of rotatable bonds is 9. The lowest BCUT2D eigenvalue weighted by molar-refractivity contribution is -0.116. The number of benzene rings is 3. The van der Waals surface area contributed by atoms with E-state index in [0.717, 1.165) is 11.3 Å². The van der Waals surface area contributed by atoms with Gasteiger partial charge in [-0.25, -0.2) is 13.5 Å². The molecule has 1 N–H and O–H groups in total. The maximum atomic E-state index is 14.6. The molecule has 1 saturated carbocycles. The predicted molar refractivity (Wildman–Crippen MR) is 136 cm³/mol. The van der Waals surface area contributed by atoms with Crippen LogP contribution in [-0.4, -0.2) is 45.4 Å². The van der Waals surface area contributed by atoms with Crippen molar-refractivity contribution in [3.8, 4) is 28.8 Å². The normalized spacial score (nSPS) is 18.3. The number of nitrogens with zero attached hydrogens (tertiary/aromatic N) is 3. The summed E-state index contributed by atoms with van der Waals surface area (Å²) in [5.41, 5.74) is 2.31. The molecule has 190 valence electrons. The topological polar surface area (TPSA) is 78.3 Å². The molecular weight excluding hydrogens is 502 g/mol. The van der Waals surface area contributed by atoms with E-state index in [1.807, 2.05) is 24.3 Å². The average Bonchev–Trinajstić information content (AvgIpc) is 3.33. The Morgan fingerprint density at radius 1 is 1.14 bits per heavy atom. The van der Waals surface area contributed by atoms with Crippen molar-refractivity contribution in [3.05, 3.63) is 84.2 Å². The van der Waals surface area contributed by atoms with E-state index in [4.69, 9.17) is 21.1 Å². The highest BCUT2D eigenvalue weighted by Gasteiger charge is 2.60. The summed E-state index contributed by atoms with van der Waals surface area (Å²) in [4.78, 5) is 15.1. The minimum atomic E-state index is -1.50. The van der Waals surface area contributed by atoms with E-state index in [9.17, 15) is 13.6 Å². The number of methoxy groups -OCH3 is 1. The summed E-state index contributed by atoms with van der Waals surface area (Å²) < 4.78 is 40.5. The van der Waals surface area contributed by atoms with Gasteiger partial charge >= 0.3 is 6.01 Å². The van der Waals surface area contributed by atoms with Crippen LogP contribution in [0.5, 0.6) is 11.8 Å². The third kappa shape index (κ3) is 5.27. The zero-order valence-corrected chi connectivity index (χ0v) is 20.6. The molecule has 1 heterocycles. The van der Waals surface area contributed by atoms with Crippen LogP contribution < -0.4 is 14.8 Å². The van der Waals surface area contributed by atoms with Gasteiger partial charge < -0.3 is 14.8 Å². The lowest BCUT2D eigenvalue weighted by Gasteiger charge is -2.10. The van der Waals surface area contributed by atoms with Crippen molar-refractivity contribution in [1.82, 2.24) is 14.8 Å². The molecule has 4 aromatic rings. The monoisotopic (exact) mass is 524 g/mol. The van der Waals surface area contributed by atoms with Gasteiger partial charge in [-0.2, -0.15) is 4.98 Å². The van der Waals surface area contributed by atoms with Crippen molar-refractivity contribution in [1.29, 1.82) is 0 Å². The number of aromatic nitrogens is 3. The highest BCUT2D eigenvalue weighted by atomic mass is 35.5. The van der Waals surface area contributed by atoms with Crippen molar-refractivity contribution >= 4 is 23.2 Å². The van der Waals surface area contributed by atoms with Crippen LogP contribution in [0.2, 0.25) is 0 Å². The Balaban J connectivity index is 1.36. The van der Waals surface area contributed by atoms with Crippen LogP contribution in [0.25, 0.3) is 17.1 Å². The Kier molecular flexibility index (Phi) is 6.80. The highest BCUT2D eigenvalue weighted by Crippen LogP contribution is 2.46. The van der Waals surface area contributed by atoms with Crippen molar-refractivity contribution in [2.75, 3.05) is 19.0 Å². The van der Waals surface area contributed by atoms with Crippen molar-refractivity contribution in [2.45, 2.75) is 23.9 Å². The van der Waals surface area contributed by atoms with E-state index in [0.29, 0.717) is 24.4 Å². The third-order valence-corrected chi connectivity index (χ3v) is 6.61. The molecule has 10 heteroatoms. The first-order chi connectivity index (χ1) is 17.9. The molecule has 0 unspecified atom stereocenters. The Bertz CT molecular complexity index is 1410. The van der Waals surface area contributed by atoms with Gasteiger partial charge in [0.25, 0.3) is 0 Å². The maximum absolute atomic E-state index is 14.6. The number of carbonyl (C=O) groups excluding carboxylic acids is 1. The lowest BCUT2D eigenvalue weighted by Crippen LogP contribution is -2.27. The second-order valence-corrected chi connectivity index (χ2v) is 9.27. The van der Waals surface area contributed by atoms with E-state index in [1.165, 1.54) is 10.7 Å². The molecule has 37 heavy (non-hydrogen) atoms. The number of halogens is 3. The molecule has 7 nitrogen and oxygen atoms in total. The van der Waals surface area contributed by atoms with Crippen LogP contribution in [0, 0.1) is 5.82 Å². The fourth-order valence-corrected chi connectivity index (χ4v) is 3.94. The summed E-state index contributed by atoms with van der Waals surface area (Å²) >= 11 is 5.96. The summed E-state index contributed by atoms with van der Waals surface area (Å²) in [6.45, 7) is 0.313. The number of carbonyl (C=O) groups is 1. The third-order valence-electron chi connectivity index (χ3n) is 6.04. The van der Waals surface area contributed by atoms with E-state index in [-0.39, 0.29) is 23.8 Å². The number of anilines is 1. The van der Waals surface area contributed by atoms with Crippen LogP contribution in [-0.2, 0) is 11.2 Å². The molecule has 2 atom stereocenters. The summed E-state index contributed by atoms with van der Waals surface area (Å²) in [5, 5.41) is 7.06. The van der Waals surface area contributed by atoms with Crippen molar-refractivity contribution in [2.24, 2.45) is 0 Å². The van der Waals surface area contributed by atoms with E-state index >= 15 is 0 Å². The van der Waals surface area contributed by atoms with Gasteiger partial charge in [-0.05, 0) is 54.1 Å². The number of amides is 1. The van der Waals surface area contributed by atoms with Crippen LogP contribution in [0.3, 0.4) is 0 Å².